The number of aryl methyl sites for hydroxylation is 1. The first kappa shape index (κ1) is 11.7. The molecule has 1 fully saturated rings. The third kappa shape index (κ3) is 2.50. The highest BCUT2D eigenvalue weighted by Crippen LogP contribution is 2.29. The van der Waals surface area contributed by atoms with E-state index < -0.39 is 0 Å². The van der Waals surface area contributed by atoms with Gasteiger partial charge in [-0.3, -0.25) is 0 Å². The van der Waals surface area contributed by atoms with Crippen molar-refractivity contribution in [3.8, 4) is 5.75 Å². The van der Waals surface area contributed by atoms with Gasteiger partial charge in [0.25, 0.3) is 0 Å². The molecule has 1 aromatic rings. The molecule has 1 aromatic carbocycles. The Kier molecular flexibility index (Phi) is 3.72. The molecule has 2 rings (SSSR count). The lowest BCUT2D eigenvalue weighted by molar-refractivity contribution is 0.338. The average molecular weight is 240 g/mol. The SMILES string of the molecule is CCOc1cc(C)c(CC2CNC2)cc1Cl. The second kappa shape index (κ2) is 5.07. The van der Waals surface area contributed by atoms with Gasteiger partial charge in [-0.15, -0.1) is 0 Å². The monoisotopic (exact) mass is 239 g/mol. The normalized spacial score (nSPS) is 15.9. The zero-order valence-corrected chi connectivity index (χ0v) is 10.6. The zero-order valence-electron chi connectivity index (χ0n) is 9.85. The highest BCUT2D eigenvalue weighted by molar-refractivity contribution is 6.32. The van der Waals surface area contributed by atoms with Crippen LogP contribution in [0.4, 0.5) is 0 Å². The molecule has 2 nitrogen and oxygen atoms in total. The highest BCUT2D eigenvalue weighted by Gasteiger charge is 2.18. The van der Waals surface area contributed by atoms with Gasteiger partial charge in [0, 0.05) is 0 Å². The van der Waals surface area contributed by atoms with Gasteiger partial charge >= 0.3 is 0 Å². The molecular weight excluding hydrogens is 222 g/mol. The fraction of sp³-hybridized carbons (Fsp3) is 0.538. The lowest BCUT2D eigenvalue weighted by atomic mass is 9.92. The van der Waals surface area contributed by atoms with E-state index in [2.05, 4.69) is 18.3 Å². The maximum Gasteiger partial charge on any atom is 0.138 e. The van der Waals surface area contributed by atoms with Crippen LogP contribution in [0.25, 0.3) is 0 Å². The van der Waals surface area contributed by atoms with E-state index in [9.17, 15) is 0 Å². The van der Waals surface area contributed by atoms with Gasteiger partial charge in [0.2, 0.25) is 0 Å². The van der Waals surface area contributed by atoms with Gasteiger partial charge in [0.05, 0.1) is 11.6 Å². The lowest BCUT2D eigenvalue weighted by Gasteiger charge is -2.27. The smallest absolute Gasteiger partial charge is 0.138 e. The van der Waals surface area contributed by atoms with Gasteiger partial charge in [-0.25, -0.2) is 0 Å². The Morgan fingerprint density at radius 1 is 1.44 bits per heavy atom. The Morgan fingerprint density at radius 3 is 2.75 bits per heavy atom. The van der Waals surface area contributed by atoms with Crippen molar-refractivity contribution in [3.63, 3.8) is 0 Å². The van der Waals surface area contributed by atoms with E-state index >= 15 is 0 Å². The molecule has 0 bridgehead atoms. The number of rotatable bonds is 4. The maximum absolute atomic E-state index is 6.18. The van der Waals surface area contributed by atoms with Gasteiger partial charge in [0.1, 0.15) is 5.75 Å². The van der Waals surface area contributed by atoms with Crippen LogP contribution in [-0.2, 0) is 6.42 Å². The molecule has 1 N–H and O–H groups in total. The van der Waals surface area contributed by atoms with E-state index in [1.165, 1.54) is 11.1 Å². The molecule has 0 radical (unpaired) electrons. The molecule has 88 valence electrons. The molecule has 0 unspecified atom stereocenters. The van der Waals surface area contributed by atoms with Gasteiger partial charge in [0.15, 0.2) is 0 Å². The molecule has 1 aliphatic heterocycles. The molecule has 1 saturated heterocycles. The third-order valence-corrected chi connectivity index (χ3v) is 3.36. The van der Waals surface area contributed by atoms with Crippen molar-refractivity contribution < 1.29 is 4.74 Å². The van der Waals surface area contributed by atoms with Crippen LogP contribution in [0, 0.1) is 12.8 Å². The van der Waals surface area contributed by atoms with E-state index in [1.807, 2.05) is 13.0 Å². The van der Waals surface area contributed by atoms with E-state index in [-0.39, 0.29) is 0 Å². The second-order valence-corrected chi connectivity index (χ2v) is 4.78. The standard InChI is InChI=1S/C13H18ClNO/c1-3-16-13-4-9(2)11(6-12(13)14)5-10-7-15-8-10/h4,6,10,15H,3,5,7-8H2,1-2H3. The van der Waals surface area contributed by atoms with Crippen LogP contribution in [0.2, 0.25) is 5.02 Å². The molecular formula is C13H18ClNO. The number of hydrogen-bond acceptors (Lipinski definition) is 2. The zero-order chi connectivity index (χ0) is 11.5. The summed E-state index contributed by atoms with van der Waals surface area (Å²) in [5.41, 5.74) is 2.62. The summed E-state index contributed by atoms with van der Waals surface area (Å²) in [6.07, 6.45) is 1.12. The summed E-state index contributed by atoms with van der Waals surface area (Å²) in [5, 5.41) is 4.02. The molecule has 0 spiro atoms. The fourth-order valence-corrected chi connectivity index (χ4v) is 2.23. The molecule has 3 heteroatoms. The van der Waals surface area contributed by atoms with Gasteiger partial charge in [-0.05, 0) is 62.5 Å². The lowest BCUT2D eigenvalue weighted by Crippen LogP contribution is -2.43. The van der Waals surface area contributed by atoms with E-state index in [1.54, 1.807) is 0 Å². The second-order valence-electron chi connectivity index (χ2n) is 4.37. The van der Waals surface area contributed by atoms with Crippen molar-refractivity contribution in [2.24, 2.45) is 5.92 Å². The summed E-state index contributed by atoms with van der Waals surface area (Å²) in [4.78, 5) is 0. The molecule has 0 atom stereocenters. The predicted molar refractivity (Wildman–Crippen MR) is 67.4 cm³/mol. The largest absolute Gasteiger partial charge is 0.492 e. The number of ether oxygens (including phenoxy) is 1. The Balaban J connectivity index is 2.15. The number of halogens is 1. The Hall–Kier alpha value is -0.730. The van der Waals surface area contributed by atoms with Crippen molar-refractivity contribution in [1.82, 2.24) is 5.32 Å². The molecule has 0 amide bonds. The Morgan fingerprint density at radius 2 is 2.19 bits per heavy atom. The van der Waals surface area contributed by atoms with Crippen LogP contribution < -0.4 is 10.1 Å². The summed E-state index contributed by atoms with van der Waals surface area (Å²) in [7, 11) is 0. The maximum atomic E-state index is 6.18. The number of hydrogen-bond donors (Lipinski definition) is 1. The summed E-state index contributed by atoms with van der Waals surface area (Å²) >= 11 is 6.18. The molecule has 16 heavy (non-hydrogen) atoms. The topological polar surface area (TPSA) is 21.3 Å². The van der Waals surface area contributed by atoms with Crippen molar-refractivity contribution in [1.29, 1.82) is 0 Å². The Labute approximate surface area is 102 Å². The molecule has 0 aliphatic carbocycles. The van der Waals surface area contributed by atoms with Crippen LogP contribution in [0.1, 0.15) is 18.1 Å². The van der Waals surface area contributed by atoms with Crippen molar-refractivity contribution in [3.05, 3.63) is 28.3 Å². The summed E-state index contributed by atoms with van der Waals surface area (Å²) in [6, 6.07) is 4.10. The third-order valence-electron chi connectivity index (χ3n) is 3.06. The van der Waals surface area contributed by atoms with Gasteiger partial charge in [-0.1, -0.05) is 11.6 Å². The molecule has 0 aromatic heterocycles. The quantitative estimate of drug-likeness (QED) is 0.873. The first-order valence-corrected chi connectivity index (χ1v) is 6.21. The summed E-state index contributed by atoms with van der Waals surface area (Å²) < 4.78 is 5.47. The number of nitrogens with one attached hydrogen (secondary N) is 1. The first-order chi connectivity index (χ1) is 7.70. The van der Waals surface area contributed by atoms with Crippen LogP contribution in [0.5, 0.6) is 5.75 Å². The minimum absolute atomic E-state index is 0.658. The van der Waals surface area contributed by atoms with E-state index in [4.69, 9.17) is 16.3 Å². The van der Waals surface area contributed by atoms with Crippen LogP contribution >= 0.6 is 11.6 Å². The van der Waals surface area contributed by atoms with Crippen molar-refractivity contribution in [2.75, 3.05) is 19.7 Å². The minimum Gasteiger partial charge on any atom is -0.492 e. The van der Waals surface area contributed by atoms with Crippen molar-refractivity contribution in [2.45, 2.75) is 20.3 Å². The first-order valence-electron chi connectivity index (χ1n) is 5.83. The van der Waals surface area contributed by atoms with Crippen LogP contribution in [0.15, 0.2) is 12.1 Å². The summed E-state index contributed by atoms with van der Waals surface area (Å²) in [5.74, 6) is 1.57. The van der Waals surface area contributed by atoms with E-state index in [0.717, 1.165) is 36.2 Å². The van der Waals surface area contributed by atoms with Gasteiger partial charge in [-0.2, -0.15) is 0 Å². The minimum atomic E-state index is 0.658. The Bertz CT molecular complexity index is 374. The molecule has 1 aliphatic rings. The average Bonchev–Trinajstić information content (AvgIpc) is 2.18. The predicted octanol–water partition coefficient (Wildman–Crippen LogP) is 2.81. The number of benzene rings is 1. The fourth-order valence-electron chi connectivity index (χ4n) is 1.99. The highest BCUT2D eigenvalue weighted by atomic mass is 35.5. The van der Waals surface area contributed by atoms with Gasteiger partial charge < -0.3 is 10.1 Å². The molecule has 0 saturated carbocycles. The summed E-state index contributed by atoms with van der Waals surface area (Å²) in [6.45, 7) is 7.01. The van der Waals surface area contributed by atoms with E-state index in [0.29, 0.717) is 6.61 Å². The van der Waals surface area contributed by atoms with Crippen LogP contribution in [0.3, 0.4) is 0 Å². The molecule has 1 heterocycles. The van der Waals surface area contributed by atoms with Crippen molar-refractivity contribution >= 4 is 11.6 Å². The van der Waals surface area contributed by atoms with Crippen LogP contribution in [-0.4, -0.2) is 19.7 Å².